The van der Waals surface area contributed by atoms with Gasteiger partial charge in [-0.2, -0.15) is 5.10 Å². The Morgan fingerprint density at radius 2 is 1.96 bits per heavy atom. The van der Waals surface area contributed by atoms with Crippen molar-refractivity contribution >= 4 is 11.7 Å². The maximum absolute atomic E-state index is 14.4. The second kappa shape index (κ2) is 8.62. The quantitative estimate of drug-likeness (QED) is 0.809. The van der Waals surface area contributed by atoms with E-state index in [2.05, 4.69) is 34.5 Å². The molecule has 1 aromatic heterocycles. The van der Waals surface area contributed by atoms with Gasteiger partial charge in [0.05, 0.1) is 5.69 Å². The van der Waals surface area contributed by atoms with Crippen LogP contribution in [0.5, 0.6) is 0 Å². The first kappa shape index (κ1) is 18.9. The fourth-order valence-electron chi connectivity index (χ4n) is 2.67. The van der Waals surface area contributed by atoms with Crippen LogP contribution in [-0.4, -0.2) is 46.9 Å². The Labute approximate surface area is 148 Å². The van der Waals surface area contributed by atoms with Crippen LogP contribution in [0.15, 0.2) is 24.3 Å². The van der Waals surface area contributed by atoms with Crippen LogP contribution in [0.3, 0.4) is 0 Å². The third-order valence-corrected chi connectivity index (χ3v) is 4.05. The summed E-state index contributed by atoms with van der Waals surface area (Å²) >= 11 is 0. The summed E-state index contributed by atoms with van der Waals surface area (Å²) in [5.74, 6) is -0.438. The van der Waals surface area contributed by atoms with Gasteiger partial charge in [-0.25, -0.2) is 13.9 Å². The van der Waals surface area contributed by atoms with Gasteiger partial charge in [-0.1, -0.05) is 13.8 Å². The van der Waals surface area contributed by atoms with Crippen LogP contribution in [0, 0.1) is 19.7 Å². The molecule has 0 aliphatic carbocycles. The molecular formula is C18H26FN5O. The van der Waals surface area contributed by atoms with Gasteiger partial charge in [0.2, 0.25) is 0 Å². The van der Waals surface area contributed by atoms with Gasteiger partial charge in [-0.05, 0) is 51.2 Å². The molecule has 7 heteroatoms. The van der Waals surface area contributed by atoms with Crippen LogP contribution in [0.25, 0.3) is 5.69 Å². The number of hydrogen-bond acceptors (Lipinski definition) is 3. The van der Waals surface area contributed by atoms with E-state index in [0.717, 1.165) is 31.0 Å². The monoisotopic (exact) mass is 347 g/mol. The summed E-state index contributed by atoms with van der Waals surface area (Å²) in [6.45, 7) is 11.1. The topological polar surface area (TPSA) is 62.2 Å². The average molecular weight is 347 g/mol. The van der Waals surface area contributed by atoms with E-state index in [1.165, 1.54) is 6.07 Å². The zero-order valence-corrected chi connectivity index (χ0v) is 15.3. The first-order valence-electron chi connectivity index (χ1n) is 8.55. The van der Waals surface area contributed by atoms with Crippen molar-refractivity contribution in [3.63, 3.8) is 0 Å². The number of likely N-dealkylation sites (N-methyl/N-ethyl adjacent to an activating group) is 1. The van der Waals surface area contributed by atoms with Gasteiger partial charge in [-0.15, -0.1) is 0 Å². The molecule has 136 valence electrons. The molecule has 0 fully saturated rings. The van der Waals surface area contributed by atoms with Crippen molar-refractivity contribution in [1.82, 2.24) is 20.0 Å². The second-order valence-corrected chi connectivity index (χ2v) is 5.91. The number of anilines is 1. The van der Waals surface area contributed by atoms with Crippen LogP contribution < -0.4 is 10.6 Å². The number of benzene rings is 1. The zero-order valence-electron chi connectivity index (χ0n) is 15.3. The van der Waals surface area contributed by atoms with E-state index in [1.54, 1.807) is 16.8 Å². The van der Waals surface area contributed by atoms with Gasteiger partial charge in [0.25, 0.3) is 0 Å². The predicted molar refractivity (Wildman–Crippen MR) is 97.8 cm³/mol. The molecule has 0 unspecified atom stereocenters. The molecule has 6 nitrogen and oxygen atoms in total. The minimum atomic E-state index is -0.438. The lowest BCUT2D eigenvalue weighted by atomic mass is 10.2. The highest BCUT2D eigenvalue weighted by Gasteiger charge is 2.11. The summed E-state index contributed by atoms with van der Waals surface area (Å²) in [6, 6.07) is 6.12. The Balaban J connectivity index is 1.96. The minimum absolute atomic E-state index is 0.342. The third-order valence-electron chi connectivity index (χ3n) is 4.05. The first-order chi connectivity index (χ1) is 11.9. The Hall–Kier alpha value is -2.41. The van der Waals surface area contributed by atoms with Crippen molar-refractivity contribution in [3.05, 3.63) is 41.5 Å². The second-order valence-electron chi connectivity index (χ2n) is 5.91. The smallest absolute Gasteiger partial charge is 0.319 e. The van der Waals surface area contributed by atoms with Crippen LogP contribution in [0.2, 0.25) is 0 Å². The van der Waals surface area contributed by atoms with Crippen LogP contribution in [-0.2, 0) is 0 Å². The van der Waals surface area contributed by atoms with Gasteiger partial charge in [-0.3, -0.25) is 0 Å². The summed E-state index contributed by atoms with van der Waals surface area (Å²) in [7, 11) is 0. The average Bonchev–Trinajstić information content (AvgIpc) is 2.90. The van der Waals surface area contributed by atoms with Gasteiger partial charge in [0.1, 0.15) is 5.69 Å². The van der Waals surface area contributed by atoms with E-state index in [9.17, 15) is 9.18 Å². The Kier molecular flexibility index (Phi) is 6.52. The highest BCUT2D eigenvalue weighted by molar-refractivity contribution is 5.89. The van der Waals surface area contributed by atoms with Crippen LogP contribution >= 0.6 is 0 Å². The maximum Gasteiger partial charge on any atom is 0.319 e. The molecule has 2 rings (SSSR count). The lowest BCUT2D eigenvalue weighted by Gasteiger charge is -2.18. The molecule has 2 N–H and O–H groups in total. The Morgan fingerprint density at radius 1 is 1.24 bits per heavy atom. The Bertz CT molecular complexity index is 724. The van der Waals surface area contributed by atoms with E-state index in [0.29, 0.717) is 17.9 Å². The molecule has 0 spiro atoms. The highest BCUT2D eigenvalue weighted by atomic mass is 19.1. The van der Waals surface area contributed by atoms with Crippen molar-refractivity contribution in [2.75, 3.05) is 31.5 Å². The molecule has 1 aromatic carbocycles. The largest absolute Gasteiger partial charge is 0.337 e. The fourth-order valence-corrected chi connectivity index (χ4v) is 2.67. The van der Waals surface area contributed by atoms with E-state index >= 15 is 0 Å². The van der Waals surface area contributed by atoms with E-state index in [-0.39, 0.29) is 6.03 Å². The fraction of sp³-hybridized carbons (Fsp3) is 0.444. The molecule has 0 aliphatic rings. The first-order valence-corrected chi connectivity index (χ1v) is 8.55. The lowest BCUT2D eigenvalue weighted by molar-refractivity contribution is 0.248. The number of hydrogen-bond donors (Lipinski definition) is 2. The highest BCUT2D eigenvalue weighted by Crippen LogP contribution is 2.19. The van der Waals surface area contributed by atoms with Crippen LogP contribution in [0.1, 0.15) is 25.2 Å². The molecule has 0 saturated heterocycles. The molecule has 2 amide bonds. The number of urea groups is 1. The predicted octanol–water partition coefficient (Wildman–Crippen LogP) is 3.09. The van der Waals surface area contributed by atoms with Gasteiger partial charge in [0.15, 0.2) is 5.82 Å². The normalized spacial score (nSPS) is 11.0. The minimum Gasteiger partial charge on any atom is -0.337 e. The van der Waals surface area contributed by atoms with Crippen LogP contribution in [0.4, 0.5) is 14.9 Å². The van der Waals surface area contributed by atoms with Crippen molar-refractivity contribution in [1.29, 1.82) is 0 Å². The molecule has 2 aromatic rings. The number of carbonyl (C=O) groups excluding carboxylic acids is 1. The molecule has 25 heavy (non-hydrogen) atoms. The summed E-state index contributed by atoms with van der Waals surface area (Å²) in [5, 5.41) is 9.71. The zero-order chi connectivity index (χ0) is 18.4. The number of nitrogens with one attached hydrogen (secondary N) is 2. The van der Waals surface area contributed by atoms with Crippen molar-refractivity contribution in [2.24, 2.45) is 0 Å². The van der Waals surface area contributed by atoms with E-state index in [4.69, 9.17) is 0 Å². The number of aromatic nitrogens is 2. The molecule has 0 atom stereocenters. The summed E-state index contributed by atoms with van der Waals surface area (Å²) in [5.41, 5.74) is 2.44. The number of rotatable bonds is 7. The van der Waals surface area contributed by atoms with Crippen molar-refractivity contribution in [2.45, 2.75) is 27.7 Å². The van der Waals surface area contributed by atoms with Gasteiger partial charge >= 0.3 is 6.03 Å². The standard InChI is InChI=1S/C18H26FN5O/c1-5-23(6-2)10-9-20-18(25)21-15-7-8-17(16(19)12-15)24-14(4)11-13(3)22-24/h7-8,11-12H,5-6,9-10H2,1-4H3,(H2,20,21,25). The number of aryl methyl sites for hydroxylation is 2. The number of amides is 2. The summed E-state index contributed by atoms with van der Waals surface area (Å²) < 4.78 is 15.9. The molecule has 1 heterocycles. The van der Waals surface area contributed by atoms with Gasteiger partial charge < -0.3 is 15.5 Å². The van der Waals surface area contributed by atoms with E-state index < -0.39 is 5.82 Å². The molecule has 0 aliphatic heterocycles. The molecule has 0 bridgehead atoms. The molecular weight excluding hydrogens is 321 g/mol. The van der Waals surface area contributed by atoms with Gasteiger partial charge in [0, 0.05) is 24.5 Å². The SMILES string of the molecule is CCN(CC)CCNC(=O)Nc1ccc(-n2nc(C)cc2C)c(F)c1. The summed E-state index contributed by atoms with van der Waals surface area (Å²) in [4.78, 5) is 14.1. The van der Waals surface area contributed by atoms with Crippen molar-refractivity contribution in [3.8, 4) is 5.69 Å². The summed E-state index contributed by atoms with van der Waals surface area (Å²) in [6.07, 6.45) is 0. The third kappa shape index (κ3) is 5.03. The Morgan fingerprint density at radius 3 is 2.52 bits per heavy atom. The number of halogens is 1. The molecule has 0 radical (unpaired) electrons. The van der Waals surface area contributed by atoms with Crippen molar-refractivity contribution < 1.29 is 9.18 Å². The number of carbonyl (C=O) groups is 1. The van der Waals surface area contributed by atoms with E-state index in [1.807, 2.05) is 19.9 Å². The molecule has 0 saturated carbocycles. The maximum atomic E-state index is 14.4. The lowest BCUT2D eigenvalue weighted by Crippen LogP contribution is -2.36. The number of nitrogens with zero attached hydrogens (tertiary/aromatic N) is 3.